The first-order valence-corrected chi connectivity index (χ1v) is 11.3. The molecule has 2 fully saturated rings. The van der Waals surface area contributed by atoms with Crippen LogP contribution in [0.3, 0.4) is 0 Å². The van der Waals surface area contributed by atoms with Gasteiger partial charge in [0.1, 0.15) is 6.33 Å². The monoisotopic (exact) mass is 445 g/mol. The van der Waals surface area contributed by atoms with Crippen LogP contribution in [0.15, 0.2) is 47.6 Å². The van der Waals surface area contributed by atoms with Crippen molar-refractivity contribution >= 4 is 45.6 Å². The first kappa shape index (κ1) is 20.7. The molecular weight excluding hydrogens is 422 g/mol. The second kappa shape index (κ2) is 8.37. The zero-order valence-electron chi connectivity index (χ0n) is 18.0. The van der Waals surface area contributed by atoms with E-state index in [1.807, 2.05) is 18.2 Å². The molecular formula is C24H23N5O2S. The number of anilines is 1. The molecule has 0 spiro atoms. The Hall–Kier alpha value is -3.23. The molecule has 162 valence electrons. The molecule has 3 heterocycles. The Labute approximate surface area is 190 Å². The van der Waals surface area contributed by atoms with Crippen molar-refractivity contribution in [1.82, 2.24) is 20.2 Å². The summed E-state index contributed by atoms with van der Waals surface area (Å²) in [4.78, 5) is 37.5. The van der Waals surface area contributed by atoms with Crippen molar-refractivity contribution in [3.8, 4) is 11.3 Å². The number of carbonyl (C=O) groups is 2. The maximum absolute atomic E-state index is 11.9. The number of piperazine rings is 1. The third-order valence-electron chi connectivity index (χ3n) is 5.91. The van der Waals surface area contributed by atoms with Gasteiger partial charge in [-0.1, -0.05) is 12.1 Å². The molecule has 0 bridgehead atoms. The van der Waals surface area contributed by atoms with Gasteiger partial charge in [0.25, 0.3) is 11.1 Å². The summed E-state index contributed by atoms with van der Waals surface area (Å²) in [6.45, 7) is 6.33. The Bertz CT molecular complexity index is 1260. The van der Waals surface area contributed by atoms with Crippen LogP contribution >= 0.6 is 11.8 Å². The van der Waals surface area contributed by atoms with Crippen LogP contribution in [-0.4, -0.2) is 59.2 Å². The van der Waals surface area contributed by atoms with E-state index in [0.717, 1.165) is 65.7 Å². The van der Waals surface area contributed by atoms with Crippen LogP contribution < -0.4 is 10.2 Å². The Morgan fingerprint density at radius 1 is 1.03 bits per heavy atom. The van der Waals surface area contributed by atoms with Gasteiger partial charge in [-0.2, -0.15) is 0 Å². The number of hydrogen-bond acceptors (Lipinski definition) is 7. The molecule has 1 N–H and O–H groups in total. The molecule has 2 aliphatic heterocycles. The average Bonchev–Trinajstić information content (AvgIpc) is 3.10. The van der Waals surface area contributed by atoms with Gasteiger partial charge < -0.3 is 9.80 Å². The van der Waals surface area contributed by atoms with Gasteiger partial charge in [0, 0.05) is 42.8 Å². The summed E-state index contributed by atoms with van der Waals surface area (Å²) in [7, 11) is 2.16. The number of amides is 2. The number of rotatable bonds is 3. The topological polar surface area (TPSA) is 78.4 Å². The van der Waals surface area contributed by atoms with Gasteiger partial charge in [-0.3, -0.25) is 14.9 Å². The third kappa shape index (κ3) is 3.99. The van der Waals surface area contributed by atoms with Crippen LogP contribution in [0, 0.1) is 6.92 Å². The first-order valence-electron chi connectivity index (χ1n) is 10.5. The van der Waals surface area contributed by atoms with Gasteiger partial charge in [-0.25, -0.2) is 9.97 Å². The normalized spacial score (nSPS) is 18.6. The van der Waals surface area contributed by atoms with Crippen LogP contribution in [-0.2, 0) is 4.79 Å². The van der Waals surface area contributed by atoms with Crippen molar-refractivity contribution < 1.29 is 9.59 Å². The number of aromatic nitrogens is 2. The minimum Gasteiger partial charge on any atom is -0.369 e. The van der Waals surface area contributed by atoms with Crippen molar-refractivity contribution in [2.24, 2.45) is 0 Å². The first-order chi connectivity index (χ1) is 15.5. The summed E-state index contributed by atoms with van der Waals surface area (Å²) in [5, 5.41) is 2.85. The summed E-state index contributed by atoms with van der Waals surface area (Å²) >= 11 is 0.914. The Balaban J connectivity index is 1.51. The summed E-state index contributed by atoms with van der Waals surface area (Å²) in [6, 6.07) is 12.3. The number of hydrogen-bond donors (Lipinski definition) is 1. The maximum Gasteiger partial charge on any atom is 0.290 e. The molecule has 0 radical (unpaired) electrons. The number of nitrogens with one attached hydrogen (secondary N) is 1. The highest BCUT2D eigenvalue weighted by molar-refractivity contribution is 8.18. The van der Waals surface area contributed by atoms with Gasteiger partial charge in [-0.05, 0) is 67.2 Å². The minimum atomic E-state index is -0.361. The fourth-order valence-electron chi connectivity index (χ4n) is 4.17. The van der Waals surface area contributed by atoms with E-state index >= 15 is 0 Å². The molecule has 2 aliphatic rings. The Kier molecular flexibility index (Phi) is 5.40. The van der Waals surface area contributed by atoms with Crippen LogP contribution in [0.4, 0.5) is 10.5 Å². The third-order valence-corrected chi connectivity index (χ3v) is 6.72. The van der Waals surface area contributed by atoms with Crippen LogP contribution in [0.1, 0.15) is 11.1 Å². The molecule has 0 aliphatic carbocycles. The molecule has 1 aromatic heterocycles. The van der Waals surface area contributed by atoms with Crippen molar-refractivity contribution in [3.63, 3.8) is 0 Å². The molecule has 2 amide bonds. The number of likely N-dealkylation sites (N-methyl/N-ethyl adjacent to an activating group) is 1. The number of benzene rings is 2. The van der Waals surface area contributed by atoms with E-state index in [-0.39, 0.29) is 11.1 Å². The molecule has 0 atom stereocenters. The molecule has 5 rings (SSSR count). The molecule has 7 nitrogen and oxygen atoms in total. The lowest BCUT2D eigenvalue weighted by Gasteiger charge is -2.35. The molecule has 0 unspecified atom stereocenters. The molecule has 2 saturated heterocycles. The molecule has 32 heavy (non-hydrogen) atoms. The van der Waals surface area contributed by atoms with E-state index in [0.29, 0.717) is 4.91 Å². The number of thioether (sulfide) groups is 1. The predicted molar refractivity (Wildman–Crippen MR) is 129 cm³/mol. The Morgan fingerprint density at radius 3 is 2.56 bits per heavy atom. The largest absolute Gasteiger partial charge is 0.369 e. The number of nitrogens with zero attached hydrogens (tertiary/aromatic N) is 4. The number of imide groups is 1. The minimum absolute atomic E-state index is 0.345. The highest BCUT2D eigenvalue weighted by Crippen LogP contribution is 2.32. The Morgan fingerprint density at radius 2 is 1.84 bits per heavy atom. The summed E-state index contributed by atoms with van der Waals surface area (Å²) < 4.78 is 0. The molecule has 0 saturated carbocycles. The van der Waals surface area contributed by atoms with Gasteiger partial charge >= 0.3 is 0 Å². The van der Waals surface area contributed by atoms with E-state index in [2.05, 4.69) is 57.3 Å². The second-order valence-corrected chi connectivity index (χ2v) is 9.16. The summed E-state index contributed by atoms with van der Waals surface area (Å²) in [6.07, 6.45) is 3.31. The van der Waals surface area contributed by atoms with Crippen molar-refractivity contribution in [3.05, 3.63) is 58.8 Å². The molecule has 2 aromatic carbocycles. The molecule has 3 aromatic rings. The highest BCUT2D eigenvalue weighted by Gasteiger charge is 2.25. The average molecular weight is 446 g/mol. The van der Waals surface area contributed by atoms with Gasteiger partial charge in [-0.15, -0.1) is 0 Å². The molecule has 8 heteroatoms. The van der Waals surface area contributed by atoms with Crippen LogP contribution in [0.2, 0.25) is 0 Å². The van der Waals surface area contributed by atoms with E-state index < -0.39 is 0 Å². The van der Waals surface area contributed by atoms with Crippen molar-refractivity contribution in [2.75, 3.05) is 38.1 Å². The lowest BCUT2D eigenvalue weighted by molar-refractivity contribution is -0.115. The lowest BCUT2D eigenvalue weighted by Crippen LogP contribution is -2.44. The zero-order valence-corrected chi connectivity index (χ0v) is 18.8. The van der Waals surface area contributed by atoms with E-state index in [9.17, 15) is 9.59 Å². The number of fused-ring (bicyclic) bond motifs is 1. The van der Waals surface area contributed by atoms with Crippen molar-refractivity contribution in [2.45, 2.75) is 6.92 Å². The van der Waals surface area contributed by atoms with E-state index in [1.165, 1.54) is 11.3 Å². The van der Waals surface area contributed by atoms with Crippen molar-refractivity contribution in [1.29, 1.82) is 0 Å². The van der Waals surface area contributed by atoms with Crippen LogP contribution in [0.5, 0.6) is 0 Å². The maximum atomic E-state index is 11.9. The smallest absolute Gasteiger partial charge is 0.290 e. The van der Waals surface area contributed by atoms with E-state index in [4.69, 9.17) is 0 Å². The lowest BCUT2D eigenvalue weighted by atomic mass is 10.0. The van der Waals surface area contributed by atoms with E-state index in [1.54, 1.807) is 12.4 Å². The van der Waals surface area contributed by atoms with Gasteiger partial charge in [0.15, 0.2) is 0 Å². The SMILES string of the molecule is Cc1cc(-c2ncnc3ccc(C=C4SC(=O)NC4=O)cc23)ccc1N1CCN(C)CC1. The summed E-state index contributed by atoms with van der Waals surface area (Å²) in [5.74, 6) is -0.361. The van der Waals surface area contributed by atoms with Gasteiger partial charge in [0.05, 0.1) is 16.1 Å². The van der Waals surface area contributed by atoms with Gasteiger partial charge in [0.2, 0.25) is 0 Å². The predicted octanol–water partition coefficient (Wildman–Crippen LogP) is 3.68. The fraction of sp³-hybridized carbons (Fsp3) is 0.250. The fourth-order valence-corrected chi connectivity index (χ4v) is 4.85. The quantitative estimate of drug-likeness (QED) is 0.616. The standard InChI is InChI=1S/C24H23N5O2S/c1-15-11-17(4-6-20(15)29-9-7-28(2)8-10-29)22-18-12-16(3-5-19(18)25-14-26-22)13-21-23(30)27-24(31)32-21/h3-6,11-14H,7-10H2,1-2H3,(H,27,30,31). The highest BCUT2D eigenvalue weighted by atomic mass is 32.2. The summed E-state index contributed by atoms with van der Waals surface area (Å²) in [5.41, 5.74) is 6.02. The number of aryl methyl sites for hydroxylation is 1. The number of carbonyl (C=O) groups excluding carboxylic acids is 2. The second-order valence-electron chi connectivity index (χ2n) is 8.14. The zero-order chi connectivity index (χ0) is 22.2. The van der Waals surface area contributed by atoms with Crippen LogP contribution in [0.25, 0.3) is 28.2 Å².